The van der Waals surface area contributed by atoms with Crippen molar-refractivity contribution in [1.29, 1.82) is 0 Å². The van der Waals surface area contributed by atoms with E-state index in [4.69, 9.17) is 4.52 Å². The van der Waals surface area contributed by atoms with Gasteiger partial charge in [-0.25, -0.2) is 9.97 Å². The van der Waals surface area contributed by atoms with Crippen LogP contribution in [0, 0.1) is 0 Å². The maximum absolute atomic E-state index is 5.45. The van der Waals surface area contributed by atoms with Crippen LogP contribution >= 0.6 is 12.4 Å². The maximum Gasteiger partial charge on any atom is 0.276 e. The Morgan fingerprint density at radius 1 is 1.21 bits per heavy atom. The Kier molecular flexibility index (Phi) is 5.27. The zero-order chi connectivity index (χ0) is 15.6. The SMILES string of the molecule is CN1CCNCC1c1noc(-c2ccnc(N3CCCC3)n2)n1.Cl. The van der Waals surface area contributed by atoms with E-state index in [-0.39, 0.29) is 18.4 Å². The van der Waals surface area contributed by atoms with Crippen LogP contribution in [0.2, 0.25) is 0 Å². The molecular formula is C15H22ClN7O. The Hall–Kier alpha value is -1.77. The van der Waals surface area contributed by atoms with Crippen LogP contribution in [0.25, 0.3) is 11.6 Å². The van der Waals surface area contributed by atoms with Crippen molar-refractivity contribution in [3.05, 3.63) is 18.1 Å². The summed E-state index contributed by atoms with van der Waals surface area (Å²) in [4.78, 5) is 17.9. The molecule has 2 aliphatic heterocycles. The van der Waals surface area contributed by atoms with E-state index in [1.54, 1.807) is 6.20 Å². The molecule has 2 aliphatic rings. The zero-order valence-corrected chi connectivity index (χ0v) is 14.5. The predicted octanol–water partition coefficient (Wildman–Crippen LogP) is 1.12. The first-order valence-electron chi connectivity index (χ1n) is 8.14. The molecule has 1 unspecified atom stereocenters. The summed E-state index contributed by atoms with van der Waals surface area (Å²) in [6.07, 6.45) is 4.15. The quantitative estimate of drug-likeness (QED) is 0.881. The van der Waals surface area contributed by atoms with Gasteiger partial charge in [0.15, 0.2) is 5.82 Å². The molecule has 0 bridgehead atoms. The number of anilines is 1. The summed E-state index contributed by atoms with van der Waals surface area (Å²) in [5.41, 5.74) is 0.687. The molecule has 130 valence electrons. The minimum absolute atomic E-state index is 0. The molecular weight excluding hydrogens is 330 g/mol. The average Bonchev–Trinajstić information content (AvgIpc) is 3.27. The number of hydrogen-bond donors (Lipinski definition) is 1. The van der Waals surface area contributed by atoms with Gasteiger partial charge in [0, 0.05) is 38.9 Å². The van der Waals surface area contributed by atoms with E-state index in [0.29, 0.717) is 17.4 Å². The van der Waals surface area contributed by atoms with E-state index >= 15 is 0 Å². The highest BCUT2D eigenvalue weighted by molar-refractivity contribution is 5.85. The number of aromatic nitrogens is 4. The van der Waals surface area contributed by atoms with Crippen molar-refractivity contribution in [2.24, 2.45) is 0 Å². The lowest BCUT2D eigenvalue weighted by Gasteiger charge is -2.30. The first-order chi connectivity index (χ1) is 11.3. The molecule has 2 aromatic rings. The molecule has 4 heterocycles. The van der Waals surface area contributed by atoms with Crippen LogP contribution in [-0.2, 0) is 0 Å². The van der Waals surface area contributed by atoms with Crippen LogP contribution in [0.1, 0.15) is 24.7 Å². The van der Waals surface area contributed by atoms with Crippen molar-refractivity contribution in [1.82, 2.24) is 30.3 Å². The molecule has 8 nitrogen and oxygen atoms in total. The molecule has 0 radical (unpaired) electrons. The summed E-state index contributed by atoms with van der Waals surface area (Å²) in [5.74, 6) is 1.91. The van der Waals surface area contributed by atoms with Crippen molar-refractivity contribution < 1.29 is 4.52 Å². The standard InChI is InChI=1S/C15H21N7O.ClH/c1-21-9-6-16-10-12(21)13-19-14(23-20-13)11-4-5-17-15(18-11)22-7-2-3-8-22;/h4-5,12,16H,2-3,6-10H2,1H3;1H. The third-order valence-corrected chi connectivity index (χ3v) is 4.50. The highest BCUT2D eigenvalue weighted by atomic mass is 35.5. The van der Waals surface area contributed by atoms with Crippen LogP contribution in [0.5, 0.6) is 0 Å². The molecule has 0 aromatic carbocycles. The van der Waals surface area contributed by atoms with E-state index in [1.165, 1.54) is 12.8 Å². The smallest absolute Gasteiger partial charge is 0.276 e. The molecule has 0 amide bonds. The summed E-state index contributed by atoms with van der Waals surface area (Å²) in [7, 11) is 2.08. The van der Waals surface area contributed by atoms with E-state index < -0.39 is 0 Å². The van der Waals surface area contributed by atoms with Crippen molar-refractivity contribution >= 4 is 18.4 Å². The third-order valence-electron chi connectivity index (χ3n) is 4.50. The Morgan fingerprint density at radius 2 is 2.04 bits per heavy atom. The normalized spacial score (nSPS) is 21.7. The second-order valence-corrected chi connectivity index (χ2v) is 6.09. The summed E-state index contributed by atoms with van der Waals surface area (Å²) in [6.45, 7) is 4.82. The van der Waals surface area contributed by atoms with Gasteiger partial charge >= 0.3 is 0 Å². The second-order valence-electron chi connectivity index (χ2n) is 6.09. The van der Waals surface area contributed by atoms with Gasteiger partial charge in [0.05, 0.1) is 6.04 Å². The van der Waals surface area contributed by atoms with E-state index in [2.05, 4.69) is 42.3 Å². The fourth-order valence-electron chi connectivity index (χ4n) is 3.11. The Morgan fingerprint density at radius 3 is 2.83 bits per heavy atom. The van der Waals surface area contributed by atoms with Gasteiger partial charge in [0.25, 0.3) is 5.89 Å². The topological polar surface area (TPSA) is 83.2 Å². The molecule has 0 saturated carbocycles. The van der Waals surface area contributed by atoms with Crippen LogP contribution in [0.15, 0.2) is 16.8 Å². The summed E-state index contributed by atoms with van der Waals surface area (Å²) in [5, 5.41) is 7.52. The molecule has 0 aliphatic carbocycles. The van der Waals surface area contributed by atoms with Gasteiger partial charge in [-0.05, 0) is 26.0 Å². The fourth-order valence-corrected chi connectivity index (χ4v) is 3.11. The molecule has 9 heteroatoms. The predicted molar refractivity (Wildman–Crippen MR) is 92.3 cm³/mol. The van der Waals surface area contributed by atoms with E-state index in [9.17, 15) is 0 Å². The van der Waals surface area contributed by atoms with Gasteiger partial charge < -0.3 is 14.7 Å². The minimum Gasteiger partial charge on any atom is -0.341 e. The average molecular weight is 352 g/mol. The fraction of sp³-hybridized carbons (Fsp3) is 0.600. The summed E-state index contributed by atoms with van der Waals surface area (Å²) in [6, 6.07) is 1.96. The second kappa shape index (κ2) is 7.42. The van der Waals surface area contributed by atoms with Gasteiger partial charge in [0.2, 0.25) is 5.95 Å². The third kappa shape index (κ3) is 3.35. The van der Waals surface area contributed by atoms with Crippen molar-refractivity contribution in [3.8, 4) is 11.6 Å². The summed E-state index contributed by atoms with van der Waals surface area (Å²) >= 11 is 0. The van der Waals surface area contributed by atoms with Crippen LogP contribution in [0.4, 0.5) is 5.95 Å². The van der Waals surface area contributed by atoms with Gasteiger partial charge in [-0.2, -0.15) is 4.98 Å². The lowest BCUT2D eigenvalue weighted by molar-refractivity contribution is 0.190. The van der Waals surface area contributed by atoms with Gasteiger partial charge in [-0.1, -0.05) is 5.16 Å². The molecule has 0 spiro atoms. The summed E-state index contributed by atoms with van der Waals surface area (Å²) < 4.78 is 5.45. The Bertz CT molecular complexity index is 673. The van der Waals surface area contributed by atoms with Crippen LogP contribution < -0.4 is 10.2 Å². The van der Waals surface area contributed by atoms with E-state index in [1.807, 2.05) is 6.07 Å². The molecule has 1 N–H and O–H groups in total. The highest BCUT2D eigenvalue weighted by Crippen LogP contribution is 2.23. The Labute approximate surface area is 147 Å². The van der Waals surface area contributed by atoms with Crippen LogP contribution in [0.3, 0.4) is 0 Å². The van der Waals surface area contributed by atoms with Gasteiger partial charge in [-0.3, -0.25) is 4.90 Å². The zero-order valence-electron chi connectivity index (χ0n) is 13.7. The molecule has 2 fully saturated rings. The monoisotopic (exact) mass is 351 g/mol. The van der Waals surface area contributed by atoms with Gasteiger partial charge in [0.1, 0.15) is 5.69 Å². The molecule has 2 saturated heterocycles. The number of piperazine rings is 1. The number of halogens is 1. The first kappa shape index (κ1) is 17.1. The lowest BCUT2D eigenvalue weighted by Crippen LogP contribution is -2.44. The highest BCUT2D eigenvalue weighted by Gasteiger charge is 2.26. The number of nitrogens with zero attached hydrogens (tertiary/aromatic N) is 6. The minimum atomic E-state index is 0. The van der Waals surface area contributed by atoms with Gasteiger partial charge in [-0.15, -0.1) is 12.4 Å². The maximum atomic E-state index is 5.45. The number of nitrogens with one attached hydrogen (secondary N) is 1. The molecule has 2 aromatic heterocycles. The van der Waals surface area contributed by atoms with Crippen molar-refractivity contribution in [2.75, 3.05) is 44.7 Å². The molecule has 1 atom stereocenters. The van der Waals surface area contributed by atoms with E-state index in [0.717, 1.165) is 38.7 Å². The van der Waals surface area contributed by atoms with Crippen molar-refractivity contribution in [2.45, 2.75) is 18.9 Å². The molecule has 24 heavy (non-hydrogen) atoms. The van der Waals surface area contributed by atoms with Crippen LogP contribution in [-0.4, -0.2) is 64.8 Å². The number of likely N-dealkylation sites (N-methyl/N-ethyl adjacent to an activating group) is 1. The number of rotatable bonds is 3. The first-order valence-corrected chi connectivity index (χ1v) is 8.14. The molecule has 4 rings (SSSR count). The number of hydrogen-bond acceptors (Lipinski definition) is 8. The largest absolute Gasteiger partial charge is 0.341 e. The lowest BCUT2D eigenvalue weighted by atomic mass is 10.2. The Balaban J connectivity index is 0.00000169. The van der Waals surface area contributed by atoms with Crippen molar-refractivity contribution in [3.63, 3.8) is 0 Å².